The molecule has 0 radical (unpaired) electrons. The fraction of sp³-hybridized carbons (Fsp3) is 0.875. The van der Waals surface area contributed by atoms with Gasteiger partial charge < -0.3 is 4.74 Å². The van der Waals surface area contributed by atoms with Crippen LogP contribution in [0.25, 0.3) is 0 Å². The molecule has 1 unspecified atom stereocenters. The minimum atomic E-state index is -0.256. The average molecular weight is 367 g/mol. The van der Waals surface area contributed by atoms with Gasteiger partial charge in [0, 0.05) is 5.57 Å². The Kier molecular flexibility index (Phi) is 18.4. The molecule has 0 bridgehead atoms. The molecule has 1 atom stereocenters. The molecule has 0 aromatic heterocycles. The average Bonchev–Trinajstić information content (AvgIpc) is 2.62. The van der Waals surface area contributed by atoms with Crippen LogP contribution >= 0.6 is 0 Å². The number of esters is 1. The Morgan fingerprint density at radius 1 is 0.769 bits per heavy atom. The summed E-state index contributed by atoms with van der Waals surface area (Å²) in [5, 5.41) is 0. The Morgan fingerprint density at radius 3 is 1.54 bits per heavy atom. The fourth-order valence-corrected chi connectivity index (χ4v) is 3.29. The summed E-state index contributed by atoms with van der Waals surface area (Å²) in [7, 11) is 0. The van der Waals surface area contributed by atoms with Crippen molar-refractivity contribution in [3.05, 3.63) is 12.2 Å². The second kappa shape index (κ2) is 19.0. The quantitative estimate of drug-likeness (QED) is 0.131. The van der Waals surface area contributed by atoms with Crippen LogP contribution in [-0.4, -0.2) is 12.6 Å². The van der Waals surface area contributed by atoms with E-state index in [0.717, 1.165) is 6.42 Å². The van der Waals surface area contributed by atoms with Crippen LogP contribution in [0, 0.1) is 5.92 Å². The van der Waals surface area contributed by atoms with Crippen LogP contribution in [0.3, 0.4) is 0 Å². The Morgan fingerprint density at radius 2 is 1.15 bits per heavy atom. The maximum absolute atomic E-state index is 11.3. The van der Waals surface area contributed by atoms with Crippen LogP contribution in [-0.2, 0) is 9.53 Å². The van der Waals surface area contributed by atoms with Gasteiger partial charge >= 0.3 is 5.97 Å². The van der Waals surface area contributed by atoms with E-state index in [0.29, 0.717) is 18.1 Å². The van der Waals surface area contributed by atoms with Crippen molar-refractivity contribution in [2.24, 2.45) is 5.92 Å². The molecule has 0 aliphatic heterocycles. The first-order chi connectivity index (χ1) is 12.6. The molecule has 0 aliphatic carbocycles. The van der Waals surface area contributed by atoms with Crippen molar-refractivity contribution in [1.29, 1.82) is 0 Å². The van der Waals surface area contributed by atoms with Gasteiger partial charge in [-0.3, -0.25) is 0 Å². The molecule has 2 nitrogen and oxygen atoms in total. The number of hydrogen-bond donors (Lipinski definition) is 0. The summed E-state index contributed by atoms with van der Waals surface area (Å²) in [6.07, 6.45) is 22.2. The summed E-state index contributed by atoms with van der Waals surface area (Å²) < 4.78 is 5.20. The lowest BCUT2D eigenvalue weighted by molar-refractivity contribution is -0.140. The van der Waals surface area contributed by atoms with Crippen molar-refractivity contribution in [3.63, 3.8) is 0 Å². The highest BCUT2D eigenvalue weighted by molar-refractivity contribution is 5.86. The Bertz CT molecular complexity index is 335. The van der Waals surface area contributed by atoms with Crippen molar-refractivity contribution >= 4 is 5.97 Å². The van der Waals surface area contributed by atoms with Gasteiger partial charge in [0.1, 0.15) is 0 Å². The van der Waals surface area contributed by atoms with Gasteiger partial charge in [0.05, 0.1) is 6.61 Å². The van der Waals surface area contributed by atoms with Crippen molar-refractivity contribution in [2.45, 2.75) is 124 Å². The smallest absolute Gasteiger partial charge is 0.333 e. The molecule has 0 heterocycles. The zero-order valence-electron chi connectivity index (χ0n) is 18.1. The molecule has 0 aromatic rings. The number of rotatable bonds is 19. The predicted molar refractivity (Wildman–Crippen MR) is 114 cm³/mol. The molecule has 0 fully saturated rings. The third kappa shape index (κ3) is 18.0. The van der Waals surface area contributed by atoms with E-state index in [1.54, 1.807) is 6.92 Å². The highest BCUT2D eigenvalue weighted by Crippen LogP contribution is 2.15. The van der Waals surface area contributed by atoms with E-state index in [-0.39, 0.29) is 5.97 Å². The second-order valence-electron chi connectivity index (χ2n) is 8.22. The summed E-state index contributed by atoms with van der Waals surface area (Å²) in [6.45, 7) is 10.3. The van der Waals surface area contributed by atoms with Gasteiger partial charge in [0.2, 0.25) is 0 Å². The maximum Gasteiger partial charge on any atom is 0.333 e. The van der Waals surface area contributed by atoms with Gasteiger partial charge in [-0.25, -0.2) is 4.79 Å². The molecule has 0 aromatic carbocycles. The third-order valence-corrected chi connectivity index (χ3v) is 5.15. The summed E-state index contributed by atoms with van der Waals surface area (Å²) >= 11 is 0. The van der Waals surface area contributed by atoms with Gasteiger partial charge in [-0.2, -0.15) is 0 Å². The van der Waals surface area contributed by atoms with Gasteiger partial charge in [-0.1, -0.05) is 117 Å². The molecule has 2 heteroatoms. The van der Waals surface area contributed by atoms with E-state index >= 15 is 0 Å². The lowest BCUT2D eigenvalue weighted by Gasteiger charge is -2.11. The Hall–Kier alpha value is -0.790. The Labute approximate surface area is 164 Å². The van der Waals surface area contributed by atoms with Crippen LogP contribution in [0.2, 0.25) is 0 Å². The summed E-state index contributed by atoms with van der Waals surface area (Å²) in [4.78, 5) is 11.3. The lowest BCUT2D eigenvalue weighted by Crippen LogP contribution is -2.12. The number of carbonyl (C=O) groups is 1. The van der Waals surface area contributed by atoms with E-state index in [1.165, 1.54) is 96.3 Å². The number of ether oxygens (including phenoxy) is 1. The van der Waals surface area contributed by atoms with Crippen LogP contribution < -0.4 is 0 Å². The number of hydrogen-bond acceptors (Lipinski definition) is 2. The summed E-state index contributed by atoms with van der Waals surface area (Å²) in [6, 6.07) is 0. The maximum atomic E-state index is 11.3. The minimum Gasteiger partial charge on any atom is -0.462 e. The molecule has 0 spiro atoms. The molecule has 0 saturated heterocycles. The molecule has 0 rings (SSSR count). The predicted octanol–water partition coefficient (Wildman–Crippen LogP) is 8.00. The standard InChI is InChI=1S/C24H46O2/c1-5-6-7-8-9-10-11-12-13-14-15-16-17-18-19-20-23(4)21-26-24(25)22(2)3/h23H,2,5-21H2,1,3-4H3. The van der Waals surface area contributed by atoms with E-state index in [4.69, 9.17) is 4.74 Å². The largest absolute Gasteiger partial charge is 0.462 e. The SMILES string of the molecule is C=C(C)C(=O)OCC(C)CCCCCCCCCCCCCCCCC. The van der Waals surface area contributed by atoms with Gasteiger partial charge in [0.15, 0.2) is 0 Å². The van der Waals surface area contributed by atoms with Gasteiger partial charge in [-0.15, -0.1) is 0 Å². The van der Waals surface area contributed by atoms with E-state index < -0.39 is 0 Å². The zero-order chi connectivity index (χ0) is 19.5. The molecule has 0 aliphatic rings. The third-order valence-electron chi connectivity index (χ3n) is 5.15. The molecule has 0 amide bonds. The highest BCUT2D eigenvalue weighted by Gasteiger charge is 2.07. The normalized spacial score (nSPS) is 12.1. The van der Waals surface area contributed by atoms with Crippen molar-refractivity contribution in [3.8, 4) is 0 Å². The van der Waals surface area contributed by atoms with Gasteiger partial charge in [0.25, 0.3) is 0 Å². The Balaban J connectivity index is 3.19. The zero-order valence-corrected chi connectivity index (χ0v) is 18.1. The number of carbonyl (C=O) groups excluding carboxylic acids is 1. The minimum absolute atomic E-state index is 0.256. The molecule has 0 saturated carbocycles. The topological polar surface area (TPSA) is 26.3 Å². The molecule has 0 N–H and O–H groups in total. The fourth-order valence-electron chi connectivity index (χ4n) is 3.29. The summed E-state index contributed by atoms with van der Waals surface area (Å²) in [5.74, 6) is 0.202. The monoisotopic (exact) mass is 366 g/mol. The first-order valence-corrected chi connectivity index (χ1v) is 11.4. The molecular formula is C24H46O2. The first kappa shape index (κ1) is 25.2. The number of unbranched alkanes of at least 4 members (excludes halogenated alkanes) is 14. The van der Waals surface area contributed by atoms with E-state index in [2.05, 4.69) is 20.4 Å². The van der Waals surface area contributed by atoms with Crippen molar-refractivity contribution in [1.82, 2.24) is 0 Å². The van der Waals surface area contributed by atoms with Crippen LogP contribution in [0.4, 0.5) is 0 Å². The van der Waals surface area contributed by atoms with E-state index in [1.807, 2.05) is 0 Å². The molecular weight excluding hydrogens is 320 g/mol. The van der Waals surface area contributed by atoms with E-state index in [9.17, 15) is 4.79 Å². The van der Waals surface area contributed by atoms with Crippen LogP contribution in [0.15, 0.2) is 12.2 Å². The van der Waals surface area contributed by atoms with Crippen LogP contribution in [0.1, 0.15) is 124 Å². The summed E-state index contributed by atoms with van der Waals surface area (Å²) in [5.41, 5.74) is 0.490. The van der Waals surface area contributed by atoms with Gasteiger partial charge in [-0.05, 0) is 19.3 Å². The second-order valence-corrected chi connectivity index (χ2v) is 8.22. The molecule has 154 valence electrons. The molecule has 26 heavy (non-hydrogen) atoms. The van der Waals surface area contributed by atoms with Crippen molar-refractivity contribution in [2.75, 3.05) is 6.61 Å². The highest BCUT2D eigenvalue weighted by atomic mass is 16.5. The van der Waals surface area contributed by atoms with Crippen LogP contribution in [0.5, 0.6) is 0 Å². The lowest BCUT2D eigenvalue weighted by atomic mass is 10.0. The first-order valence-electron chi connectivity index (χ1n) is 11.4. The van der Waals surface area contributed by atoms with Crippen molar-refractivity contribution < 1.29 is 9.53 Å².